The predicted molar refractivity (Wildman–Crippen MR) is 70.0 cm³/mol. The summed E-state index contributed by atoms with van der Waals surface area (Å²) < 4.78 is 0. The fourth-order valence-corrected chi connectivity index (χ4v) is 3.65. The molecule has 1 saturated carbocycles. The Hall–Kier alpha value is -0.900. The van der Waals surface area contributed by atoms with E-state index >= 15 is 0 Å². The summed E-state index contributed by atoms with van der Waals surface area (Å²) in [7, 11) is 0. The van der Waals surface area contributed by atoms with Gasteiger partial charge in [0.05, 0.1) is 6.04 Å². The predicted octanol–water partition coefficient (Wildman–Crippen LogP) is 1.47. The minimum Gasteiger partial charge on any atom is -0.368 e. The Balaban J connectivity index is 2.10. The van der Waals surface area contributed by atoms with Gasteiger partial charge in [-0.25, -0.2) is 0 Å². The minimum absolute atomic E-state index is 0.148. The van der Waals surface area contributed by atoms with Gasteiger partial charge in [0, 0.05) is 18.4 Å². The van der Waals surface area contributed by atoms with E-state index in [0.29, 0.717) is 5.78 Å². The maximum absolute atomic E-state index is 12.1. The Bertz CT molecular complexity index is 330. The van der Waals surface area contributed by atoms with E-state index in [-0.39, 0.29) is 23.9 Å². The molecule has 18 heavy (non-hydrogen) atoms. The molecule has 0 aromatic rings. The highest BCUT2D eigenvalue weighted by Gasteiger charge is 2.40. The molecular formula is C14H24N2O2. The highest BCUT2D eigenvalue weighted by Crippen LogP contribution is 2.33. The molecule has 1 heterocycles. The lowest BCUT2D eigenvalue weighted by molar-refractivity contribution is -0.130. The standard InChI is InChI=1S/C14H24N2O2/c1-2-11(14(15)18)16-9-5-7-12(16)10-6-3-4-8-13(10)17/h10-12H,2-9H2,1H3,(H2,15,18). The van der Waals surface area contributed by atoms with Crippen LogP contribution in [0.3, 0.4) is 0 Å². The van der Waals surface area contributed by atoms with E-state index in [1.54, 1.807) is 0 Å². The van der Waals surface area contributed by atoms with Crippen molar-refractivity contribution in [3.05, 3.63) is 0 Å². The Kier molecular flexibility index (Phi) is 4.38. The molecule has 0 bridgehead atoms. The molecule has 1 aliphatic heterocycles. The highest BCUT2D eigenvalue weighted by molar-refractivity contribution is 5.83. The average molecular weight is 252 g/mol. The van der Waals surface area contributed by atoms with Crippen molar-refractivity contribution in [1.29, 1.82) is 0 Å². The van der Waals surface area contributed by atoms with E-state index in [2.05, 4.69) is 4.90 Å². The third kappa shape index (κ3) is 2.58. The molecule has 102 valence electrons. The first-order valence-corrected chi connectivity index (χ1v) is 7.23. The van der Waals surface area contributed by atoms with Crippen LogP contribution >= 0.6 is 0 Å². The van der Waals surface area contributed by atoms with Crippen LogP contribution in [-0.4, -0.2) is 35.2 Å². The van der Waals surface area contributed by atoms with Crippen molar-refractivity contribution in [2.75, 3.05) is 6.54 Å². The van der Waals surface area contributed by atoms with Gasteiger partial charge >= 0.3 is 0 Å². The Morgan fingerprint density at radius 2 is 2.17 bits per heavy atom. The molecule has 2 N–H and O–H groups in total. The number of nitrogens with zero attached hydrogens (tertiary/aromatic N) is 1. The van der Waals surface area contributed by atoms with E-state index < -0.39 is 0 Å². The highest BCUT2D eigenvalue weighted by atomic mass is 16.1. The molecule has 2 rings (SSSR count). The third-order valence-corrected chi connectivity index (χ3v) is 4.52. The van der Waals surface area contributed by atoms with E-state index in [4.69, 9.17) is 5.73 Å². The van der Waals surface area contributed by atoms with Crippen LogP contribution in [0.2, 0.25) is 0 Å². The number of hydrogen-bond acceptors (Lipinski definition) is 3. The fourth-order valence-electron chi connectivity index (χ4n) is 3.65. The van der Waals surface area contributed by atoms with Crippen molar-refractivity contribution >= 4 is 11.7 Å². The van der Waals surface area contributed by atoms with Crippen molar-refractivity contribution in [3.8, 4) is 0 Å². The second kappa shape index (κ2) is 5.83. The summed E-state index contributed by atoms with van der Waals surface area (Å²) in [6.45, 7) is 2.91. The number of ketones is 1. The van der Waals surface area contributed by atoms with Crippen LogP contribution in [0, 0.1) is 5.92 Å². The number of rotatable bonds is 4. The number of Topliss-reactive ketones (excluding diaryl/α,β-unsaturated/α-hetero) is 1. The molecule has 0 radical (unpaired) electrons. The largest absolute Gasteiger partial charge is 0.368 e. The maximum Gasteiger partial charge on any atom is 0.234 e. The number of hydrogen-bond donors (Lipinski definition) is 1. The zero-order chi connectivity index (χ0) is 13.1. The average Bonchev–Trinajstić information content (AvgIpc) is 2.79. The zero-order valence-corrected chi connectivity index (χ0v) is 11.2. The number of likely N-dealkylation sites (tertiary alicyclic amines) is 1. The van der Waals surface area contributed by atoms with Crippen LogP contribution in [0.5, 0.6) is 0 Å². The molecule has 3 unspecified atom stereocenters. The molecule has 1 saturated heterocycles. The topological polar surface area (TPSA) is 63.4 Å². The van der Waals surface area contributed by atoms with Crippen LogP contribution in [0.4, 0.5) is 0 Å². The van der Waals surface area contributed by atoms with Crippen LogP contribution in [-0.2, 0) is 9.59 Å². The van der Waals surface area contributed by atoms with Gasteiger partial charge in [-0.05, 0) is 38.6 Å². The van der Waals surface area contributed by atoms with Crippen LogP contribution in [0.1, 0.15) is 51.9 Å². The maximum atomic E-state index is 12.1. The summed E-state index contributed by atoms with van der Waals surface area (Å²) in [5, 5.41) is 0. The van der Waals surface area contributed by atoms with E-state index in [1.165, 1.54) is 0 Å². The van der Waals surface area contributed by atoms with E-state index in [0.717, 1.165) is 51.5 Å². The summed E-state index contributed by atoms with van der Waals surface area (Å²) >= 11 is 0. The number of carbonyl (C=O) groups excluding carboxylic acids is 2. The first kappa shape index (κ1) is 13.5. The van der Waals surface area contributed by atoms with Gasteiger partial charge in [0.25, 0.3) is 0 Å². The number of nitrogens with two attached hydrogens (primary N) is 1. The molecule has 4 nitrogen and oxygen atoms in total. The van der Waals surface area contributed by atoms with Crippen molar-refractivity contribution in [2.45, 2.75) is 64.0 Å². The number of carbonyl (C=O) groups is 2. The lowest BCUT2D eigenvalue weighted by Gasteiger charge is -2.36. The van der Waals surface area contributed by atoms with E-state index in [1.807, 2.05) is 6.92 Å². The number of primary amides is 1. The second-order valence-corrected chi connectivity index (χ2v) is 5.59. The molecule has 4 heteroatoms. The summed E-state index contributed by atoms with van der Waals surface area (Å²) in [5.74, 6) is 0.305. The molecular weight excluding hydrogens is 228 g/mol. The Morgan fingerprint density at radius 3 is 2.78 bits per heavy atom. The van der Waals surface area contributed by atoms with Gasteiger partial charge in [0.15, 0.2) is 0 Å². The monoisotopic (exact) mass is 252 g/mol. The summed E-state index contributed by atoms with van der Waals surface area (Å²) in [5.41, 5.74) is 5.49. The SMILES string of the molecule is CCC(C(N)=O)N1CCCC1C1CCCCC1=O. The molecule has 2 aliphatic rings. The fraction of sp³-hybridized carbons (Fsp3) is 0.857. The van der Waals surface area contributed by atoms with Gasteiger partial charge in [-0.2, -0.15) is 0 Å². The van der Waals surface area contributed by atoms with Crippen molar-refractivity contribution in [1.82, 2.24) is 4.90 Å². The molecule has 1 amide bonds. The van der Waals surface area contributed by atoms with Crippen LogP contribution < -0.4 is 5.73 Å². The molecule has 0 aromatic carbocycles. The second-order valence-electron chi connectivity index (χ2n) is 5.59. The first-order valence-electron chi connectivity index (χ1n) is 7.23. The van der Waals surface area contributed by atoms with Gasteiger partial charge in [0.1, 0.15) is 5.78 Å². The van der Waals surface area contributed by atoms with Crippen molar-refractivity contribution in [3.63, 3.8) is 0 Å². The van der Waals surface area contributed by atoms with Gasteiger partial charge in [-0.3, -0.25) is 14.5 Å². The van der Waals surface area contributed by atoms with E-state index in [9.17, 15) is 9.59 Å². The van der Waals surface area contributed by atoms with Gasteiger partial charge in [-0.1, -0.05) is 13.3 Å². The summed E-state index contributed by atoms with van der Waals surface area (Å²) in [6, 6.07) is 0.0717. The summed E-state index contributed by atoms with van der Waals surface area (Å²) in [4.78, 5) is 25.8. The normalized spacial score (nSPS) is 31.5. The first-order chi connectivity index (χ1) is 8.65. The zero-order valence-electron chi connectivity index (χ0n) is 11.2. The smallest absolute Gasteiger partial charge is 0.234 e. The van der Waals surface area contributed by atoms with Gasteiger partial charge in [0.2, 0.25) is 5.91 Å². The summed E-state index contributed by atoms with van der Waals surface area (Å²) in [6.07, 6.45) is 6.77. The van der Waals surface area contributed by atoms with Crippen LogP contribution in [0.25, 0.3) is 0 Å². The molecule has 0 aromatic heterocycles. The van der Waals surface area contributed by atoms with Gasteiger partial charge < -0.3 is 5.73 Å². The Morgan fingerprint density at radius 1 is 1.39 bits per heavy atom. The number of amides is 1. The van der Waals surface area contributed by atoms with Gasteiger partial charge in [-0.15, -0.1) is 0 Å². The minimum atomic E-state index is -0.243. The van der Waals surface area contributed by atoms with Crippen LogP contribution in [0.15, 0.2) is 0 Å². The Labute approximate surface area is 109 Å². The molecule has 1 aliphatic carbocycles. The third-order valence-electron chi connectivity index (χ3n) is 4.52. The molecule has 3 atom stereocenters. The lowest BCUT2D eigenvalue weighted by atomic mass is 9.81. The lowest BCUT2D eigenvalue weighted by Crippen LogP contribution is -2.50. The quantitative estimate of drug-likeness (QED) is 0.824. The van der Waals surface area contributed by atoms with Crippen molar-refractivity contribution < 1.29 is 9.59 Å². The molecule has 0 spiro atoms. The van der Waals surface area contributed by atoms with Crippen molar-refractivity contribution in [2.24, 2.45) is 11.7 Å². The molecule has 2 fully saturated rings.